The molecular formula is C30H23NO6S. The lowest BCUT2D eigenvalue weighted by Crippen LogP contribution is -2.39. The van der Waals surface area contributed by atoms with Crippen molar-refractivity contribution in [3.8, 4) is 11.5 Å². The Hall–Kier alpha value is -4.56. The highest BCUT2D eigenvalue weighted by Crippen LogP contribution is 2.46. The standard InChI is InChI=1S/C30H23NO6S/c1-35-30(32)29-28(22-15-16-25-26(18-22)37-19-36-25)23-12-6-8-14-27(23)38(33,34)31(29)24-13-7-5-11-21(24)17-20-9-3-2-4-10-20/h2-16,18H,17,19H2,1H3. The zero-order valence-corrected chi connectivity index (χ0v) is 21.3. The molecule has 0 saturated carbocycles. The lowest BCUT2D eigenvalue weighted by Gasteiger charge is -2.34. The van der Waals surface area contributed by atoms with Crippen LogP contribution in [0, 0.1) is 0 Å². The first-order valence-corrected chi connectivity index (χ1v) is 13.4. The lowest BCUT2D eigenvalue weighted by molar-refractivity contribution is -0.136. The predicted octanol–water partition coefficient (Wildman–Crippen LogP) is 5.15. The van der Waals surface area contributed by atoms with E-state index in [4.69, 9.17) is 14.2 Å². The van der Waals surface area contributed by atoms with E-state index in [0.29, 0.717) is 40.3 Å². The van der Waals surface area contributed by atoms with Gasteiger partial charge < -0.3 is 14.2 Å². The molecule has 0 fully saturated rings. The van der Waals surface area contributed by atoms with Crippen LogP contribution in [0.4, 0.5) is 5.69 Å². The molecule has 0 bridgehead atoms. The largest absolute Gasteiger partial charge is 0.464 e. The normalized spacial score (nSPS) is 15.2. The van der Waals surface area contributed by atoms with Crippen LogP contribution in [0.3, 0.4) is 0 Å². The van der Waals surface area contributed by atoms with Gasteiger partial charge in [-0.15, -0.1) is 0 Å². The summed E-state index contributed by atoms with van der Waals surface area (Å²) in [5.41, 5.74) is 3.47. The van der Waals surface area contributed by atoms with Crippen molar-refractivity contribution in [3.63, 3.8) is 0 Å². The molecule has 8 heteroatoms. The van der Waals surface area contributed by atoms with Gasteiger partial charge in [0.2, 0.25) is 6.79 Å². The molecule has 0 spiro atoms. The van der Waals surface area contributed by atoms with Crippen molar-refractivity contribution in [1.29, 1.82) is 0 Å². The Morgan fingerprint density at radius 1 is 0.868 bits per heavy atom. The van der Waals surface area contributed by atoms with E-state index in [-0.39, 0.29) is 17.4 Å². The van der Waals surface area contributed by atoms with Crippen LogP contribution in [0.2, 0.25) is 0 Å². The molecule has 0 radical (unpaired) electrons. The van der Waals surface area contributed by atoms with Crippen LogP contribution in [0.25, 0.3) is 5.57 Å². The number of hydrogen-bond donors (Lipinski definition) is 0. The Kier molecular flexibility index (Phi) is 5.88. The van der Waals surface area contributed by atoms with Crippen LogP contribution >= 0.6 is 0 Å². The molecule has 0 saturated heterocycles. The Balaban J connectivity index is 1.65. The summed E-state index contributed by atoms with van der Waals surface area (Å²) in [5.74, 6) is 0.321. The second kappa shape index (κ2) is 9.39. The summed E-state index contributed by atoms with van der Waals surface area (Å²) in [6, 6.07) is 28.9. The monoisotopic (exact) mass is 525 g/mol. The first-order chi connectivity index (χ1) is 18.5. The Labute approximate surface area is 220 Å². The molecule has 0 aromatic heterocycles. The van der Waals surface area contributed by atoms with Crippen molar-refractivity contribution in [2.45, 2.75) is 11.3 Å². The topological polar surface area (TPSA) is 82.1 Å². The highest BCUT2D eigenvalue weighted by Gasteiger charge is 2.42. The molecule has 0 unspecified atom stereocenters. The van der Waals surface area contributed by atoms with Crippen LogP contribution in [-0.4, -0.2) is 28.3 Å². The number of ether oxygens (including phenoxy) is 3. The zero-order valence-electron chi connectivity index (χ0n) is 20.5. The third kappa shape index (κ3) is 3.90. The van der Waals surface area contributed by atoms with Gasteiger partial charge in [0.05, 0.1) is 17.7 Å². The van der Waals surface area contributed by atoms with Crippen molar-refractivity contribution in [2.75, 3.05) is 18.2 Å². The maximum absolute atomic E-state index is 14.2. The van der Waals surface area contributed by atoms with Crippen molar-refractivity contribution < 1.29 is 27.4 Å². The summed E-state index contributed by atoms with van der Waals surface area (Å²) in [6.45, 7) is 0.0889. The van der Waals surface area contributed by atoms with Crippen molar-refractivity contribution >= 4 is 27.3 Å². The summed E-state index contributed by atoms with van der Waals surface area (Å²) in [6.07, 6.45) is 0.471. The highest BCUT2D eigenvalue weighted by atomic mass is 32.2. The minimum absolute atomic E-state index is 0.0889. The van der Waals surface area contributed by atoms with E-state index in [1.165, 1.54) is 7.11 Å². The second-order valence-corrected chi connectivity index (χ2v) is 10.6. The second-order valence-electron chi connectivity index (χ2n) is 8.84. The lowest BCUT2D eigenvalue weighted by atomic mass is 9.94. The molecule has 2 aliphatic heterocycles. The summed E-state index contributed by atoms with van der Waals surface area (Å²) in [5, 5.41) is 0. The molecule has 0 amide bonds. The number of esters is 1. The molecular weight excluding hydrogens is 502 g/mol. The number of hydrogen-bond acceptors (Lipinski definition) is 6. The first-order valence-electron chi connectivity index (χ1n) is 12.0. The number of benzene rings is 4. The summed E-state index contributed by atoms with van der Waals surface area (Å²) in [4.78, 5) is 13.6. The first kappa shape index (κ1) is 23.8. The predicted molar refractivity (Wildman–Crippen MR) is 142 cm³/mol. The van der Waals surface area contributed by atoms with Gasteiger partial charge in [0, 0.05) is 11.1 Å². The van der Waals surface area contributed by atoms with Gasteiger partial charge in [0.15, 0.2) is 17.2 Å². The van der Waals surface area contributed by atoms with Gasteiger partial charge in [-0.3, -0.25) is 0 Å². The van der Waals surface area contributed by atoms with E-state index >= 15 is 0 Å². The van der Waals surface area contributed by atoms with E-state index in [1.54, 1.807) is 54.6 Å². The summed E-state index contributed by atoms with van der Waals surface area (Å²) >= 11 is 0. The number of sulfonamides is 1. The molecule has 4 aromatic rings. The maximum atomic E-state index is 14.2. The Morgan fingerprint density at radius 3 is 2.39 bits per heavy atom. The Morgan fingerprint density at radius 2 is 1.58 bits per heavy atom. The van der Waals surface area contributed by atoms with E-state index in [9.17, 15) is 13.2 Å². The molecule has 38 heavy (non-hydrogen) atoms. The smallest absolute Gasteiger partial charge is 0.356 e. The van der Waals surface area contributed by atoms with Crippen molar-refractivity contribution in [2.24, 2.45) is 0 Å². The number of methoxy groups -OCH3 is 1. The average Bonchev–Trinajstić information content (AvgIpc) is 3.42. The SMILES string of the molecule is COC(=O)C1=C(c2ccc3c(c2)OCO3)c2ccccc2S(=O)(=O)N1c1ccccc1Cc1ccccc1. The Bertz CT molecular complexity index is 1700. The molecule has 0 aliphatic carbocycles. The molecule has 4 aromatic carbocycles. The molecule has 2 aliphatic rings. The fraction of sp³-hybridized carbons (Fsp3) is 0.100. The number of nitrogens with zero attached hydrogens (tertiary/aromatic N) is 1. The van der Waals surface area contributed by atoms with E-state index in [2.05, 4.69) is 0 Å². The number of carbonyl (C=O) groups excluding carboxylic acids is 1. The van der Waals surface area contributed by atoms with Crippen LogP contribution in [0.5, 0.6) is 11.5 Å². The molecule has 7 nitrogen and oxygen atoms in total. The van der Waals surface area contributed by atoms with Crippen LogP contribution in [-0.2, 0) is 26.0 Å². The average molecular weight is 526 g/mol. The van der Waals surface area contributed by atoms with Crippen molar-refractivity contribution in [3.05, 3.63) is 125 Å². The van der Waals surface area contributed by atoms with E-state index < -0.39 is 16.0 Å². The van der Waals surface area contributed by atoms with Gasteiger partial charge in [0.25, 0.3) is 10.0 Å². The molecule has 6 rings (SSSR count). The van der Waals surface area contributed by atoms with Gasteiger partial charge in [-0.05, 0) is 47.4 Å². The number of fused-ring (bicyclic) bond motifs is 2. The molecule has 2 heterocycles. The van der Waals surface area contributed by atoms with Gasteiger partial charge in [-0.1, -0.05) is 72.8 Å². The van der Waals surface area contributed by atoms with Gasteiger partial charge >= 0.3 is 5.97 Å². The van der Waals surface area contributed by atoms with Crippen LogP contribution in [0.15, 0.2) is 108 Å². The number of rotatable bonds is 5. The van der Waals surface area contributed by atoms with Crippen LogP contribution < -0.4 is 13.8 Å². The third-order valence-electron chi connectivity index (χ3n) is 6.60. The molecule has 0 N–H and O–H groups in total. The molecule has 0 atom stereocenters. The van der Waals surface area contributed by atoms with Gasteiger partial charge in [-0.2, -0.15) is 0 Å². The minimum Gasteiger partial charge on any atom is -0.464 e. The maximum Gasteiger partial charge on any atom is 0.356 e. The van der Waals surface area contributed by atoms with Crippen molar-refractivity contribution in [1.82, 2.24) is 0 Å². The van der Waals surface area contributed by atoms with Gasteiger partial charge in [0.1, 0.15) is 0 Å². The number of para-hydroxylation sites is 1. The molecule has 190 valence electrons. The zero-order chi connectivity index (χ0) is 26.3. The minimum atomic E-state index is -4.19. The van der Waals surface area contributed by atoms with Crippen LogP contribution in [0.1, 0.15) is 22.3 Å². The van der Waals surface area contributed by atoms with Gasteiger partial charge in [-0.25, -0.2) is 17.5 Å². The third-order valence-corrected chi connectivity index (χ3v) is 8.37. The van der Waals surface area contributed by atoms with E-state index in [0.717, 1.165) is 15.4 Å². The summed E-state index contributed by atoms with van der Waals surface area (Å²) < 4.78 is 45.9. The quantitative estimate of drug-likeness (QED) is 0.335. The number of anilines is 1. The summed E-state index contributed by atoms with van der Waals surface area (Å²) in [7, 11) is -2.94. The van der Waals surface area contributed by atoms with E-state index in [1.807, 2.05) is 42.5 Å². The fourth-order valence-corrected chi connectivity index (χ4v) is 6.63. The number of carbonyl (C=O) groups is 1. The fourth-order valence-electron chi connectivity index (χ4n) is 4.90. The highest BCUT2D eigenvalue weighted by molar-refractivity contribution is 7.93.